The Kier molecular flexibility index (Phi) is 4.58. The second-order valence-corrected chi connectivity index (χ2v) is 10.1. The third kappa shape index (κ3) is 3.05. The Hall–Kier alpha value is -2.29. The van der Waals surface area contributed by atoms with Crippen LogP contribution in [0.25, 0.3) is 0 Å². The molecule has 0 saturated heterocycles. The van der Waals surface area contributed by atoms with E-state index in [1.54, 1.807) is 0 Å². The maximum absolute atomic E-state index is 13.0. The van der Waals surface area contributed by atoms with Gasteiger partial charge in [0.2, 0.25) is 0 Å². The van der Waals surface area contributed by atoms with Gasteiger partial charge in [-0.1, -0.05) is 49.6 Å². The van der Waals surface area contributed by atoms with Crippen LogP contribution in [0, 0.1) is 17.8 Å². The van der Waals surface area contributed by atoms with Crippen molar-refractivity contribution >= 4 is 11.6 Å². The summed E-state index contributed by atoms with van der Waals surface area (Å²) in [6, 6.07) is 18.1. The molecule has 3 fully saturated rings. The standard InChI is InChI=1S/C27H32N2O/c30-27(28-21-9-5-2-6-10-21)20-13-14-23-22(16-20)24-18-11-12-19(15-18)25(24)26(29-23)17-7-3-1-4-8-17/h1,3-4,7-8,13-14,16,18-19,21,24-26,29H,2,5-6,9-12,15H2,(H,28,30)/t18-,19-,24-,25-,26+/m0/s1. The van der Waals surface area contributed by atoms with Gasteiger partial charge in [-0.15, -0.1) is 0 Å². The molecule has 0 aromatic heterocycles. The lowest BCUT2D eigenvalue weighted by atomic mass is 9.68. The van der Waals surface area contributed by atoms with Gasteiger partial charge in [-0.25, -0.2) is 0 Å². The topological polar surface area (TPSA) is 41.1 Å². The van der Waals surface area contributed by atoms with E-state index in [9.17, 15) is 4.79 Å². The molecule has 3 saturated carbocycles. The lowest BCUT2D eigenvalue weighted by Gasteiger charge is -2.43. The summed E-state index contributed by atoms with van der Waals surface area (Å²) < 4.78 is 0. The number of carbonyl (C=O) groups is 1. The SMILES string of the molecule is O=C(NC1CCCCC1)c1ccc2c(c1)[C@@H]1[C@H]3CC[C@@H](C3)[C@@H]1[C@@H](c1ccccc1)N2. The highest BCUT2D eigenvalue weighted by Crippen LogP contribution is 2.63. The maximum Gasteiger partial charge on any atom is 0.251 e. The molecular formula is C27H32N2O. The molecule has 3 aliphatic carbocycles. The quantitative estimate of drug-likeness (QED) is 0.659. The van der Waals surface area contributed by atoms with E-state index >= 15 is 0 Å². The molecule has 0 spiro atoms. The Morgan fingerprint density at radius 3 is 2.53 bits per heavy atom. The molecule has 1 amide bonds. The molecule has 6 rings (SSSR count). The lowest BCUT2D eigenvalue weighted by Crippen LogP contribution is -2.37. The van der Waals surface area contributed by atoms with Gasteiger partial charge in [-0.2, -0.15) is 0 Å². The minimum Gasteiger partial charge on any atom is -0.378 e. The largest absolute Gasteiger partial charge is 0.378 e. The Labute approximate surface area is 179 Å². The molecule has 3 nitrogen and oxygen atoms in total. The Bertz CT molecular complexity index is 933. The number of hydrogen-bond donors (Lipinski definition) is 2. The van der Waals surface area contributed by atoms with Gasteiger partial charge in [0.15, 0.2) is 0 Å². The molecule has 0 radical (unpaired) electrons. The summed E-state index contributed by atoms with van der Waals surface area (Å²) in [5, 5.41) is 7.20. The summed E-state index contributed by atoms with van der Waals surface area (Å²) in [4.78, 5) is 13.0. The van der Waals surface area contributed by atoms with Crippen molar-refractivity contribution < 1.29 is 4.79 Å². The maximum atomic E-state index is 13.0. The first kappa shape index (κ1) is 18.5. The lowest BCUT2D eigenvalue weighted by molar-refractivity contribution is 0.0927. The van der Waals surface area contributed by atoms with Crippen LogP contribution in [-0.4, -0.2) is 11.9 Å². The highest BCUT2D eigenvalue weighted by Gasteiger charge is 2.53. The van der Waals surface area contributed by atoms with Crippen LogP contribution in [0.3, 0.4) is 0 Å². The van der Waals surface area contributed by atoms with Crippen LogP contribution < -0.4 is 10.6 Å². The third-order valence-corrected chi connectivity index (χ3v) is 8.45. The molecule has 30 heavy (non-hydrogen) atoms. The van der Waals surface area contributed by atoms with Gasteiger partial charge in [-0.3, -0.25) is 4.79 Å². The van der Waals surface area contributed by atoms with E-state index in [-0.39, 0.29) is 5.91 Å². The second kappa shape index (κ2) is 7.44. The second-order valence-electron chi connectivity index (χ2n) is 10.1. The predicted molar refractivity (Wildman–Crippen MR) is 121 cm³/mol. The summed E-state index contributed by atoms with van der Waals surface area (Å²) in [7, 11) is 0. The summed E-state index contributed by atoms with van der Waals surface area (Å²) >= 11 is 0. The zero-order chi connectivity index (χ0) is 20.1. The molecule has 4 aliphatic rings. The van der Waals surface area contributed by atoms with Gasteiger partial charge in [0.1, 0.15) is 0 Å². The third-order valence-electron chi connectivity index (χ3n) is 8.45. The van der Waals surface area contributed by atoms with E-state index in [0.29, 0.717) is 23.9 Å². The first-order valence-corrected chi connectivity index (χ1v) is 12.0. The van der Waals surface area contributed by atoms with Crippen molar-refractivity contribution in [2.45, 2.75) is 69.4 Å². The van der Waals surface area contributed by atoms with Crippen molar-refractivity contribution in [3.63, 3.8) is 0 Å². The number of fused-ring (bicyclic) bond motifs is 7. The van der Waals surface area contributed by atoms with Gasteiger partial charge in [0.25, 0.3) is 5.91 Å². The average Bonchev–Trinajstić information content (AvgIpc) is 3.42. The normalized spacial score (nSPS) is 32.2. The van der Waals surface area contributed by atoms with Crippen molar-refractivity contribution in [2.75, 3.05) is 5.32 Å². The molecule has 3 heteroatoms. The summed E-state index contributed by atoms with van der Waals surface area (Å²) in [6.45, 7) is 0. The fraction of sp³-hybridized carbons (Fsp3) is 0.519. The van der Waals surface area contributed by atoms with Crippen LogP contribution in [0.15, 0.2) is 48.5 Å². The molecule has 1 heterocycles. The zero-order valence-electron chi connectivity index (χ0n) is 17.6. The molecule has 2 N–H and O–H groups in total. The highest BCUT2D eigenvalue weighted by molar-refractivity contribution is 5.95. The Morgan fingerprint density at radius 2 is 1.70 bits per heavy atom. The number of rotatable bonds is 3. The van der Waals surface area contributed by atoms with Crippen LogP contribution in [0.5, 0.6) is 0 Å². The van der Waals surface area contributed by atoms with Gasteiger partial charge in [-0.05, 0) is 85.1 Å². The molecule has 156 valence electrons. The predicted octanol–water partition coefficient (Wildman–Crippen LogP) is 6.05. The van der Waals surface area contributed by atoms with Gasteiger partial charge in [0.05, 0.1) is 6.04 Å². The summed E-state index contributed by atoms with van der Waals surface area (Å²) in [5.74, 6) is 2.95. The summed E-state index contributed by atoms with van der Waals surface area (Å²) in [6.07, 6.45) is 10.1. The van der Waals surface area contributed by atoms with Crippen molar-refractivity contribution in [2.24, 2.45) is 17.8 Å². The minimum absolute atomic E-state index is 0.120. The van der Waals surface area contributed by atoms with Crippen LogP contribution in [-0.2, 0) is 0 Å². The first-order chi connectivity index (χ1) is 14.8. The number of carbonyl (C=O) groups excluding carboxylic acids is 1. The molecule has 1 aliphatic heterocycles. The molecule has 5 atom stereocenters. The number of benzene rings is 2. The van der Waals surface area contributed by atoms with E-state index in [1.165, 1.54) is 55.3 Å². The van der Waals surface area contributed by atoms with Crippen LogP contribution in [0.2, 0.25) is 0 Å². The first-order valence-electron chi connectivity index (χ1n) is 12.0. The molecule has 2 bridgehead atoms. The van der Waals surface area contributed by atoms with Crippen molar-refractivity contribution in [1.29, 1.82) is 0 Å². The summed E-state index contributed by atoms with van der Waals surface area (Å²) in [5.41, 5.74) is 4.90. The van der Waals surface area contributed by atoms with Crippen LogP contribution >= 0.6 is 0 Å². The van der Waals surface area contributed by atoms with Gasteiger partial charge >= 0.3 is 0 Å². The smallest absolute Gasteiger partial charge is 0.251 e. The average molecular weight is 401 g/mol. The van der Waals surface area contributed by atoms with Crippen molar-refractivity contribution in [1.82, 2.24) is 5.32 Å². The highest BCUT2D eigenvalue weighted by atomic mass is 16.1. The monoisotopic (exact) mass is 400 g/mol. The van der Waals surface area contributed by atoms with Gasteiger partial charge < -0.3 is 10.6 Å². The van der Waals surface area contributed by atoms with E-state index < -0.39 is 0 Å². The van der Waals surface area contributed by atoms with E-state index in [0.717, 1.165) is 30.2 Å². The molecule has 2 aromatic carbocycles. The van der Waals surface area contributed by atoms with Crippen LogP contribution in [0.1, 0.15) is 84.8 Å². The number of hydrogen-bond acceptors (Lipinski definition) is 2. The Morgan fingerprint density at radius 1 is 0.900 bits per heavy atom. The number of amides is 1. The van der Waals surface area contributed by atoms with E-state index in [2.05, 4.69) is 53.1 Å². The zero-order valence-corrected chi connectivity index (χ0v) is 17.6. The fourth-order valence-electron chi connectivity index (χ4n) is 7.13. The fourth-order valence-corrected chi connectivity index (χ4v) is 7.13. The minimum atomic E-state index is 0.120. The Balaban J connectivity index is 1.32. The van der Waals surface area contributed by atoms with Gasteiger partial charge in [0, 0.05) is 17.3 Å². The number of anilines is 1. The van der Waals surface area contributed by atoms with Crippen LogP contribution in [0.4, 0.5) is 5.69 Å². The van der Waals surface area contributed by atoms with E-state index in [1.807, 2.05) is 6.07 Å². The van der Waals surface area contributed by atoms with E-state index in [4.69, 9.17) is 0 Å². The molecule has 2 aromatic rings. The molecule has 0 unspecified atom stereocenters. The molecular weight excluding hydrogens is 368 g/mol. The van der Waals surface area contributed by atoms with Crippen molar-refractivity contribution in [3.05, 3.63) is 65.2 Å². The number of nitrogens with one attached hydrogen (secondary N) is 2. The van der Waals surface area contributed by atoms with Crippen molar-refractivity contribution in [3.8, 4) is 0 Å².